The van der Waals surface area contributed by atoms with Crippen molar-refractivity contribution in [2.45, 2.75) is 37.8 Å². The van der Waals surface area contributed by atoms with E-state index in [9.17, 15) is 4.79 Å². The minimum Gasteiger partial charge on any atom is -0.497 e. The molecule has 2 aliphatic heterocycles. The fourth-order valence-electron chi connectivity index (χ4n) is 4.55. The van der Waals surface area contributed by atoms with E-state index in [4.69, 9.17) is 9.47 Å². The third-order valence-electron chi connectivity index (χ3n) is 5.95. The second kappa shape index (κ2) is 8.13. The van der Waals surface area contributed by atoms with Gasteiger partial charge < -0.3 is 19.3 Å². The molecule has 2 aliphatic rings. The first-order valence-electron chi connectivity index (χ1n) is 10.1. The molecule has 2 aromatic rings. The van der Waals surface area contributed by atoms with Crippen LogP contribution in [0.25, 0.3) is 0 Å². The lowest BCUT2D eigenvalue weighted by atomic mass is 10.0. The molecule has 4 rings (SSSR count). The van der Waals surface area contributed by atoms with Gasteiger partial charge in [0.2, 0.25) is 0 Å². The first-order chi connectivity index (χ1) is 13.7. The van der Waals surface area contributed by atoms with E-state index in [1.54, 1.807) is 14.2 Å². The van der Waals surface area contributed by atoms with Crippen molar-refractivity contribution in [3.63, 3.8) is 0 Å². The van der Waals surface area contributed by atoms with Crippen LogP contribution in [0, 0.1) is 0 Å². The Morgan fingerprint density at radius 3 is 1.71 bits per heavy atom. The second-order valence-corrected chi connectivity index (χ2v) is 7.54. The van der Waals surface area contributed by atoms with E-state index in [2.05, 4.69) is 24.3 Å². The molecule has 2 atom stereocenters. The summed E-state index contributed by atoms with van der Waals surface area (Å²) < 4.78 is 10.8. The molecule has 0 saturated carbocycles. The van der Waals surface area contributed by atoms with E-state index >= 15 is 0 Å². The molecule has 5 nitrogen and oxygen atoms in total. The maximum Gasteiger partial charge on any atom is 0.321 e. The average Bonchev–Trinajstić information content (AvgIpc) is 3.43. The lowest BCUT2D eigenvalue weighted by Gasteiger charge is -2.33. The van der Waals surface area contributed by atoms with Crippen LogP contribution in [0.2, 0.25) is 0 Å². The van der Waals surface area contributed by atoms with Crippen LogP contribution in [0.5, 0.6) is 11.5 Å². The third-order valence-corrected chi connectivity index (χ3v) is 5.95. The highest BCUT2D eigenvalue weighted by Gasteiger charge is 2.38. The lowest BCUT2D eigenvalue weighted by molar-refractivity contribution is 0.143. The summed E-state index contributed by atoms with van der Waals surface area (Å²) >= 11 is 0. The van der Waals surface area contributed by atoms with Crippen molar-refractivity contribution in [1.29, 1.82) is 0 Å². The molecule has 2 saturated heterocycles. The van der Waals surface area contributed by atoms with E-state index in [1.165, 1.54) is 0 Å². The molecule has 2 unspecified atom stereocenters. The SMILES string of the molecule is COc1cccc(C2CCCN2C(=O)N2CCCC2c2cccc(OC)c2)c1. The lowest BCUT2D eigenvalue weighted by Crippen LogP contribution is -2.42. The van der Waals surface area contributed by atoms with E-state index in [1.807, 2.05) is 34.1 Å². The number of nitrogens with zero attached hydrogens (tertiary/aromatic N) is 2. The predicted molar refractivity (Wildman–Crippen MR) is 109 cm³/mol. The van der Waals surface area contributed by atoms with Crippen molar-refractivity contribution in [2.75, 3.05) is 27.3 Å². The Hall–Kier alpha value is -2.69. The topological polar surface area (TPSA) is 42.0 Å². The minimum absolute atomic E-state index is 0.120. The van der Waals surface area contributed by atoms with Crippen LogP contribution in [0.15, 0.2) is 48.5 Å². The number of rotatable bonds is 4. The fraction of sp³-hybridized carbons (Fsp3) is 0.435. The summed E-state index contributed by atoms with van der Waals surface area (Å²) in [6.45, 7) is 1.62. The van der Waals surface area contributed by atoms with Crippen LogP contribution in [-0.2, 0) is 0 Å². The minimum atomic E-state index is 0.120. The molecule has 0 spiro atoms. The molecule has 5 heteroatoms. The molecule has 0 N–H and O–H groups in total. The molecular formula is C23H28N2O3. The Morgan fingerprint density at radius 1 is 0.821 bits per heavy atom. The van der Waals surface area contributed by atoms with Gasteiger partial charge in [-0.25, -0.2) is 4.79 Å². The van der Waals surface area contributed by atoms with Crippen LogP contribution in [0.3, 0.4) is 0 Å². The molecule has 2 aromatic carbocycles. The summed E-state index contributed by atoms with van der Waals surface area (Å²) in [5, 5.41) is 0. The summed E-state index contributed by atoms with van der Waals surface area (Å²) in [7, 11) is 3.36. The highest BCUT2D eigenvalue weighted by Crippen LogP contribution is 2.39. The van der Waals surface area contributed by atoms with E-state index in [0.717, 1.165) is 61.4 Å². The molecule has 0 bridgehead atoms. The normalized spacial score (nSPS) is 21.8. The zero-order chi connectivity index (χ0) is 19.5. The zero-order valence-electron chi connectivity index (χ0n) is 16.6. The van der Waals surface area contributed by atoms with Gasteiger partial charge in [-0.15, -0.1) is 0 Å². The number of hydrogen-bond acceptors (Lipinski definition) is 3. The largest absolute Gasteiger partial charge is 0.497 e. The second-order valence-electron chi connectivity index (χ2n) is 7.54. The molecular weight excluding hydrogens is 352 g/mol. The van der Waals surface area contributed by atoms with Gasteiger partial charge >= 0.3 is 6.03 Å². The predicted octanol–water partition coefficient (Wildman–Crippen LogP) is 4.80. The molecule has 2 fully saturated rings. The maximum absolute atomic E-state index is 13.5. The molecule has 0 aliphatic carbocycles. The Balaban J connectivity index is 1.56. The van der Waals surface area contributed by atoms with Crippen LogP contribution >= 0.6 is 0 Å². The highest BCUT2D eigenvalue weighted by molar-refractivity contribution is 5.76. The van der Waals surface area contributed by atoms with E-state index in [0.29, 0.717) is 0 Å². The molecule has 148 valence electrons. The van der Waals surface area contributed by atoms with Gasteiger partial charge in [0.15, 0.2) is 0 Å². The average molecular weight is 380 g/mol. The van der Waals surface area contributed by atoms with Gasteiger partial charge in [-0.2, -0.15) is 0 Å². The summed E-state index contributed by atoms with van der Waals surface area (Å²) in [5.74, 6) is 1.68. The van der Waals surface area contributed by atoms with Crippen molar-refractivity contribution in [3.05, 3.63) is 59.7 Å². The molecule has 28 heavy (non-hydrogen) atoms. The number of hydrogen-bond donors (Lipinski definition) is 0. The van der Waals surface area contributed by atoms with E-state index in [-0.39, 0.29) is 18.1 Å². The van der Waals surface area contributed by atoms with Gasteiger partial charge in [0.25, 0.3) is 0 Å². The summed E-state index contributed by atoms with van der Waals surface area (Å²) in [5.41, 5.74) is 2.31. The number of benzene rings is 2. The van der Waals surface area contributed by atoms with Gasteiger partial charge in [-0.05, 0) is 61.1 Å². The molecule has 0 aromatic heterocycles. The number of carbonyl (C=O) groups is 1. The number of carbonyl (C=O) groups excluding carboxylic acids is 1. The summed E-state index contributed by atoms with van der Waals surface area (Å²) in [4.78, 5) is 17.6. The van der Waals surface area contributed by atoms with Gasteiger partial charge in [-0.3, -0.25) is 0 Å². The van der Waals surface area contributed by atoms with Crippen molar-refractivity contribution in [3.8, 4) is 11.5 Å². The van der Waals surface area contributed by atoms with Gasteiger partial charge in [-0.1, -0.05) is 24.3 Å². The first kappa shape index (κ1) is 18.7. The maximum atomic E-state index is 13.5. The number of ether oxygens (including phenoxy) is 2. The van der Waals surface area contributed by atoms with Crippen LogP contribution < -0.4 is 9.47 Å². The van der Waals surface area contributed by atoms with Crippen molar-refractivity contribution >= 4 is 6.03 Å². The van der Waals surface area contributed by atoms with Crippen LogP contribution in [0.1, 0.15) is 48.9 Å². The Bertz CT molecular complexity index is 771. The summed E-state index contributed by atoms with van der Waals surface area (Å²) in [6, 6.07) is 16.6. The Labute approximate surface area is 166 Å². The van der Waals surface area contributed by atoms with Gasteiger partial charge in [0.1, 0.15) is 11.5 Å². The van der Waals surface area contributed by atoms with Crippen molar-refractivity contribution in [1.82, 2.24) is 9.80 Å². The van der Waals surface area contributed by atoms with E-state index < -0.39 is 0 Å². The highest BCUT2D eigenvalue weighted by atomic mass is 16.5. The number of urea groups is 1. The third kappa shape index (κ3) is 3.53. The van der Waals surface area contributed by atoms with Gasteiger partial charge in [0.05, 0.1) is 26.3 Å². The Morgan fingerprint density at radius 2 is 1.29 bits per heavy atom. The molecule has 2 amide bonds. The zero-order valence-corrected chi connectivity index (χ0v) is 16.6. The van der Waals surface area contributed by atoms with Crippen molar-refractivity contribution < 1.29 is 14.3 Å². The standard InChI is InChI=1S/C23H28N2O3/c1-27-19-9-3-7-17(15-19)21-11-5-13-24(21)23(26)25-14-6-12-22(25)18-8-4-10-20(16-18)28-2/h3-4,7-10,15-16,21-22H,5-6,11-14H2,1-2H3. The smallest absolute Gasteiger partial charge is 0.321 e. The van der Waals surface area contributed by atoms with Crippen LogP contribution in [0.4, 0.5) is 4.79 Å². The van der Waals surface area contributed by atoms with Gasteiger partial charge in [0, 0.05) is 13.1 Å². The number of amides is 2. The van der Waals surface area contributed by atoms with Crippen LogP contribution in [-0.4, -0.2) is 43.1 Å². The first-order valence-corrected chi connectivity index (χ1v) is 10.1. The van der Waals surface area contributed by atoms with Crippen molar-refractivity contribution in [2.24, 2.45) is 0 Å². The summed E-state index contributed by atoms with van der Waals surface area (Å²) in [6.07, 6.45) is 4.06. The quantitative estimate of drug-likeness (QED) is 0.765. The Kier molecular flexibility index (Phi) is 5.42. The number of likely N-dealkylation sites (tertiary alicyclic amines) is 2. The number of methoxy groups -OCH3 is 2. The molecule has 0 radical (unpaired) electrons. The monoisotopic (exact) mass is 380 g/mol. The fourth-order valence-corrected chi connectivity index (χ4v) is 4.55. The molecule has 2 heterocycles.